The minimum absolute atomic E-state index is 0.327. The largest absolute Gasteiger partial charge is 0.304 e. The fourth-order valence-corrected chi connectivity index (χ4v) is 2.12. The van der Waals surface area contributed by atoms with Crippen LogP contribution in [-0.4, -0.2) is 15.3 Å². The van der Waals surface area contributed by atoms with E-state index in [9.17, 15) is 4.79 Å². The Hall–Kier alpha value is -1.90. The summed E-state index contributed by atoms with van der Waals surface area (Å²) >= 11 is 0. The Kier molecular flexibility index (Phi) is 4.50. The van der Waals surface area contributed by atoms with Gasteiger partial charge < -0.3 is 4.57 Å². The highest BCUT2D eigenvalue weighted by Gasteiger charge is 2.04. The van der Waals surface area contributed by atoms with Crippen LogP contribution in [0.15, 0.2) is 36.7 Å². The quantitative estimate of drug-likeness (QED) is 0.793. The molecule has 0 bridgehead atoms. The van der Waals surface area contributed by atoms with Gasteiger partial charge in [-0.1, -0.05) is 25.5 Å². The van der Waals surface area contributed by atoms with Gasteiger partial charge in [0.25, 0.3) is 0 Å². The second kappa shape index (κ2) is 6.32. The van der Waals surface area contributed by atoms with Crippen molar-refractivity contribution >= 4 is 5.78 Å². The summed E-state index contributed by atoms with van der Waals surface area (Å²) < 4.78 is 2.03. The third-order valence-corrected chi connectivity index (χ3v) is 3.25. The van der Waals surface area contributed by atoms with E-state index in [2.05, 4.69) is 11.9 Å². The number of hydrogen-bond acceptors (Lipinski definition) is 2. The molecule has 0 radical (unpaired) electrons. The number of carbonyl (C=O) groups excluding carboxylic acids is 1. The van der Waals surface area contributed by atoms with Crippen LogP contribution in [0.25, 0.3) is 5.69 Å². The molecular formula is C16H20N2O. The number of nitrogens with zero attached hydrogens (tertiary/aromatic N) is 2. The van der Waals surface area contributed by atoms with Gasteiger partial charge in [-0.05, 0) is 31.0 Å². The number of imidazole rings is 1. The average Bonchev–Trinajstić information content (AvgIpc) is 2.83. The minimum atomic E-state index is 0.327. The van der Waals surface area contributed by atoms with E-state index in [4.69, 9.17) is 0 Å². The molecule has 0 amide bonds. The van der Waals surface area contributed by atoms with Crippen LogP contribution < -0.4 is 0 Å². The van der Waals surface area contributed by atoms with Crippen molar-refractivity contribution < 1.29 is 4.79 Å². The van der Waals surface area contributed by atoms with Gasteiger partial charge in [-0.15, -0.1) is 0 Å². The third kappa shape index (κ3) is 3.53. The highest BCUT2D eigenvalue weighted by Crippen LogP contribution is 2.13. The molecule has 1 aromatic carbocycles. The molecule has 0 saturated carbocycles. The predicted molar refractivity (Wildman–Crippen MR) is 76.5 cm³/mol. The van der Waals surface area contributed by atoms with Crippen LogP contribution in [0, 0.1) is 6.92 Å². The summed E-state index contributed by atoms with van der Waals surface area (Å²) in [6.45, 7) is 4.08. The summed E-state index contributed by atoms with van der Waals surface area (Å²) in [5.41, 5.74) is 2.17. The Morgan fingerprint density at radius 1 is 1.26 bits per heavy atom. The number of aryl methyl sites for hydroxylation is 1. The van der Waals surface area contributed by atoms with Crippen LogP contribution >= 0.6 is 0 Å². The van der Waals surface area contributed by atoms with Crippen molar-refractivity contribution in [3.05, 3.63) is 48.0 Å². The lowest BCUT2D eigenvalue weighted by Crippen LogP contribution is -2.02. The van der Waals surface area contributed by atoms with Crippen LogP contribution in [0.5, 0.6) is 0 Å². The molecule has 1 heterocycles. The van der Waals surface area contributed by atoms with Crippen molar-refractivity contribution in [1.29, 1.82) is 0 Å². The molecule has 0 aliphatic rings. The summed E-state index contributed by atoms with van der Waals surface area (Å²) in [7, 11) is 0. The maximum Gasteiger partial charge on any atom is 0.137 e. The van der Waals surface area contributed by atoms with Crippen molar-refractivity contribution in [2.45, 2.75) is 39.5 Å². The van der Waals surface area contributed by atoms with Crippen molar-refractivity contribution in [2.75, 3.05) is 0 Å². The Morgan fingerprint density at radius 3 is 2.58 bits per heavy atom. The molecule has 0 aliphatic heterocycles. The Morgan fingerprint density at radius 2 is 2.00 bits per heavy atom. The maximum absolute atomic E-state index is 11.7. The smallest absolute Gasteiger partial charge is 0.137 e. The number of ketones is 1. The normalized spacial score (nSPS) is 10.6. The van der Waals surface area contributed by atoms with Crippen LogP contribution in [0.4, 0.5) is 0 Å². The highest BCUT2D eigenvalue weighted by atomic mass is 16.1. The van der Waals surface area contributed by atoms with Gasteiger partial charge in [0.2, 0.25) is 0 Å². The number of aromatic nitrogens is 2. The summed E-state index contributed by atoms with van der Waals surface area (Å²) in [6.07, 6.45) is 7.03. The average molecular weight is 256 g/mol. The zero-order valence-electron chi connectivity index (χ0n) is 11.6. The second-order valence-electron chi connectivity index (χ2n) is 4.83. The van der Waals surface area contributed by atoms with Gasteiger partial charge in [0.15, 0.2) is 0 Å². The van der Waals surface area contributed by atoms with E-state index in [0.717, 1.165) is 29.9 Å². The van der Waals surface area contributed by atoms with Gasteiger partial charge in [-0.2, -0.15) is 0 Å². The third-order valence-electron chi connectivity index (χ3n) is 3.25. The number of carbonyl (C=O) groups is 1. The summed E-state index contributed by atoms with van der Waals surface area (Å²) in [5.74, 6) is 1.29. The monoisotopic (exact) mass is 256 g/mol. The molecule has 3 heteroatoms. The first-order valence-electron chi connectivity index (χ1n) is 6.81. The molecule has 0 saturated heterocycles. The van der Waals surface area contributed by atoms with Crippen LogP contribution in [0.1, 0.15) is 37.6 Å². The van der Waals surface area contributed by atoms with E-state index in [1.807, 2.05) is 42.0 Å². The first kappa shape index (κ1) is 13.5. The van der Waals surface area contributed by atoms with Gasteiger partial charge in [-0.3, -0.25) is 4.79 Å². The standard InChI is InChI=1S/C16H20N2O/c1-3-4-5-16(19)12-14-6-8-15(9-7-14)18-11-10-17-13(18)2/h6-11H,3-5,12H2,1-2H3. The second-order valence-corrected chi connectivity index (χ2v) is 4.83. The van der Waals surface area contributed by atoms with Crippen molar-refractivity contribution in [3.63, 3.8) is 0 Å². The molecule has 0 atom stereocenters. The van der Waals surface area contributed by atoms with E-state index < -0.39 is 0 Å². The molecule has 0 N–H and O–H groups in total. The minimum Gasteiger partial charge on any atom is -0.304 e. The highest BCUT2D eigenvalue weighted by molar-refractivity contribution is 5.80. The van der Waals surface area contributed by atoms with Gasteiger partial charge in [0.1, 0.15) is 11.6 Å². The van der Waals surface area contributed by atoms with Gasteiger partial charge in [-0.25, -0.2) is 4.98 Å². The number of Topliss-reactive ketones (excluding diaryl/α,β-unsaturated/α-hetero) is 1. The number of hydrogen-bond donors (Lipinski definition) is 0. The SMILES string of the molecule is CCCCC(=O)Cc1ccc(-n2ccnc2C)cc1. The maximum atomic E-state index is 11.7. The molecule has 3 nitrogen and oxygen atoms in total. The van der Waals surface area contributed by atoms with E-state index in [-0.39, 0.29) is 0 Å². The predicted octanol–water partition coefficient (Wildman–Crippen LogP) is 3.48. The number of benzene rings is 1. The lowest BCUT2D eigenvalue weighted by molar-refractivity contribution is -0.118. The lowest BCUT2D eigenvalue weighted by atomic mass is 10.0. The lowest BCUT2D eigenvalue weighted by Gasteiger charge is -2.06. The molecule has 19 heavy (non-hydrogen) atoms. The summed E-state index contributed by atoms with van der Waals surface area (Å²) in [6, 6.07) is 8.13. The van der Waals surface area contributed by atoms with E-state index in [0.29, 0.717) is 18.6 Å². The summed E-state index contributed by atoms with van der Waals surface area (Å²) in [4.78, 5) is 15.9. The van der Waals surface area contributed by atoms with E-state index >= 15 is 0 Å². The molecule has 1 aromatic heterocycles. The van der Waals surface area contributed by atoms with Crippen LogP contribution in [0.3, 0.4) is 0 Å². The van der Waals surface area contributed by atoms with E-state index in [1.54, 1.807) is 6.20 Å². The van der Waals surface area contributed by atoms with Crippen molar-refractivity contribution in [3.8, 4) is 5.69 Å². The van der Waals surface area contributed by atoms with E-state index in [1.165, 1.54) is 0 Å². The number of unbranched alkanes of at least 4 members (excludes halogenated alkanes) is 1. The summed E-state index contributed by atoms with van der Waals surface area (Å²) in [5, 5.41) is 0. The number of rotatable bonds is 6. The Balaban J connectivity index is 2.03. The molecule has 0 spiro atoms. The fraction of sp³-hybridized carbons (Fsp3) is 0.375. The molecule has 100 valence electrons. The van der Waals surface area contributed by atoms with Gasteiger partial charge in [0, 0.05) is 30.9 Å². The Labute approximate surface area is 114 Å². The van der Waals surface area contributed by atoms with Crippen LogP contribution in [0.2, 0.25) is 0 Å². The van der Waals surface area contributed by atoms with Crippen molar-refractivity contribution in [1.82, 2.24) is 9.55 Å². The zero-order chi connectivity index (χ0) is 13.7. The zero-order valence-corrected chi connectivity index (χ0v) is 11.6. The topological polar surface area (TPSA) is 34.9 Å². The van der Waals surface area contributed by atoms with Gasteiger partial charge >= 0.3 is 0 Å². The Bertz CT molecular complexity index is 540. The first-order chi connectivity index (χ1) is 9.20. The van der Waals surface area contributed by atoms with Crippen molar-refractivity contribution in [2.24, 2.45) is 0 Å². The molecule has 2 aromatic rings. The molecule has 0 unspecified atom stereocenters. The molecule has 0 fully saturated rings. The molecule has 0 aliphatic carbocycles. The molecule has 2 rings (SSSR count). The fourth-order valence-electron chi connectivity index (χ4n) is 2.12. The molecular weight excluding hydrogens is 236 g/mol. The van der Waals surface area contributed by atoms with Crippen LogP contribution in [-0.2, 0) is 11.2 Å². The first-order valence-corrected chi connectivity index (χ1v) is 6.81. The van der Waals surface area contributed by atoms with Gasteiger partial charge in [0.05, 0.1) is 0 Å².